The molecule has 0 radical (unpaired) electrons. The van der Waals surface area contributed by atoms with Crippen LogP contribution in [0, 0.1) is 6.92 Å². The number of aromatic hydroxyl groups is 1. The summed E-state index contributed by atoms with van der Waals surface area (Å²) in [4.78, 5) is 25.0. The van der Waals surface area contributed by atoms with E-state index in [1.807, 2.05) is 0 Å². The monoisotopic (exact) mass is 390 g/mol. The Balaban J connectivity index is 2.25. The summed E-state index contributed by atoms with van der Waals surface area (Å²) in [5.41, 5.74) is 2.26. The summed E-state index contributed by atoms with van der Waals surface area (Å²) in [7, 11) is 1.55. The number of likely N-dealkylation sites (N-methyl/N-ethyl adjacent to an activating group) is 1. The van der Waals surface area contributed by atoms with Gasteiger partial charge in [0.2, 0.25) is 5.91 Å². The number of hydrogen-bond donors (Lipinski definition) is 2. The number of carbonyl (C=O) groups is 2. The van der Waals surface area contributed by atoms with Gasteiger partial charge in [0.1, 0.15) is 5.75 Å². The van der Waals surface area contributed by atoms with Gasteiger partial charge in [0.15, 0.2) is 0 Å². The van der Waals surface area contributed by atoms with Crippen LogP contribution in [-0.2, 0) is 11.2 Å². The van der Waals surface area contributed by atoms with E-state index in [9.17, 15) is 14.7 Å². The highest BCUT2D eigenvalue weighted by atomic mass is 35.5. The van der Waals surface area contributed by atoms with Gasteiger partial charge in [-0.05, 0) is 48.9 Å². The van der Waals surface area contributed by atoms with Crippen molar-refractivity contribution >= 4 is 45.9 Å². The Morgan fingerprint density at radius 3 is 2.42 bits per heavy atom. The summed E-state index contributed by atoms with van der Waals surface area (Å²) in [6, 6.07) is 9.56. The minimum absolute atomic E-state index is 0.0841. The molecule has 26 heavy (non-hydrogen) atoms. The summed E-state index contributed by atoms with van der Waals surface area (Å²) in [5.74, 6) is -0.567. The van der Waals surface area contributed by atoms with Crippen LogP contribution in [0.15, 0.2) is 36.4 Å². The molecule has 0 aliphatic heterocycles. The number of amides is 1. The maximum absolute atomic E-state index is 13.1. The third-order valence-corrected chi connectivity index (χ3v) is 4.87. The second-order valence-electron chi connectivity index (χ2n) is 5.88. The van der Waals surface area contributed by atoms with Crippen molar-refractivity contribution in [2.75, 3.05) is 7.05 Å². The van der Waals surface area contributed by atoms with E-state index >= 15 is 0 Å². The van der Waals surface area contributed by atoms with Crippen LogP contribution in [0.25, 0.3) is 10.9 Å². The first-order chi connectivity index (χ1) is 12.3. The van der Waals surface area contributed by atoms with E-state index in [1.54, 1.807) is 38.2 Å². The van der Waals surface area contributed by atoms with Crippen molar-refractivity contribution in [3.63, 3.8) is 0 Å². The third-order valence-electron chi connectivity index (χ3n) is 4.31. The van der Waals surface area contributed by atoms with Gasteiger partial charge in [-0.15, -0.1) is 0 Å². The highest BCUT2D eigenvalue weighted by Gasteiger charge is 2.22. The molecule has 1 aromatic heterocycles. The standard InChI is InChI=1S/C19H16Cl2N2O3/c1-10-13(8-18(25)22-2)14-7-17(24)15(21)9-16(14)23(10)19(26)11-3-5-12(20)6-4-11/h3-7,9,24H,8H2,1-2H3,(H,22,25). The highest BCUT2D eigenvalue weighted by Crippen LogP contribution is 2.35. The number of nitrogens with one attached hydrogen (secondary N) is 1. The van der Waals surface area contributed by atoms with Crippen LogP contribution in [0.5, 0.6) is 5.75 Å². The molecule has 0 aliphatic carbocycles. The summed E-state index contributed by atoms with van der Waals surface area (Å²) in [5, 5.41) is 13.8. The molecule has 0 aliphatic rings. The molecule has 0 bridgehead atoms. The molecule has 0 saturated carbocycles. The fraction of sp³-hybridized carbons (Fsp3) is 0.158. The fourth-order valence-electron chi connectivity index (χ4n) is 2.94. The van der Waals surface area contributed by atoms with Gasteiger partial charge >= 0.3 is 0 Å². The number of hydrogen-bond acceptors (Lipinski definition) is 3. The van der Waals surface area contributed by atoms with Crippen molar-refractivity contribution in [1.29, 1.82) is 0 Å². The van der Waals surface area contributed by atoms with Crippen LogP contribution in [0.3, 0.4) is 0 Å². The lowest BCUT2D eigenvalue weighted by Crippen LogP contribution is -2.20. The van der Waals surface area contributed by atoms with Gasteiger partial charge in [-0.1, -0.05) is 23.2 Å². The van der Waals surface area contributed by atoms with E-state index in [2.05, 4.69) is 5.32 Å². The maximum atomic E-state index is 13.1. The van der Waals surface area contributed by atoms with Crippen LogP contribution in [0.2, 0.25) is 10.0 Å². The first-order valence-electron chi connectivity index (χ1n) is 7.86. The second-order valence-corrected chi connectivity index (χ2v) is 6.73. The molecule has 7 heteroatoms. The number of phenolic OH excluding ortho intramolecular Hbond substituents is 1. The van der Waals surface area contributed by atoms with Gasteiger partial charge in [-0.3, -0.25) is 14.2 Å². The molecule has 0 spiro atoms. The zero-order valence-corrected chi connectivity index (χ0v) is 15.6. The minimum atomic E-state index is -0.269. The Morgan fingerprint density at radius 2 is 1.81 bits per heavy atom. The largest absolute Gasteiger partial charge is 0.506 e. The SMILES string of the molecule is CNC(=O)Cc1c(C)n(C(=O)c2ccc(Cl)cc2)c2cc(Cl)c(O)cc12. The van der Waals surface area contributed by atoms with Gasteiger partial charge in [0, 0.05) is 28.7 Å². The number of halogens is 2. The molecule has 0 fully saturated rings. The van der Waals surface area contributed by atoms with Crippen molar-refractivity contribution in [1.82, 2.24) is 9.88 Å². The number of fused-ring (bicyclic) bond motifs is 1. The number of carbonyl (C=O) groups excluding carboxylic acids is 2. The summed E-state index contributed by atoms with van der Waals surface area (Å²) in [6.45, 7) is 1.76. The Kier molecular flexibility index (Phi) is 4.94. The van der Waals surface area contributed by atoms with Crippen LogP contribution in [-0.4, -0.2) is 28.5 Å². The normalized spacial score (nSPS) is 10.9. The quantitative estimate of drug-likeness (QED) is 0.711. The van der Waals surface area contributed by atoms with E-state index in [4.69, 9.17) is 23.2 Å². The van der Waals surface area contributed by atoms with Gasteiger partial charge in [-0.2, -0.15) is 0 Å². The summed E-state index contributed by atoms with van der Waals surface area (Å²) < 4.78 is 1.50. The Labute approximate surface area is 160 Å². The summed E-state index contributed by atoms with van der Waals surface area (Å²) >= 11 is 12.0. The Morgan fingerprint density at radius 1 is 1.15 bits per heavy atom. The number of rotatable bonds is 3. The van der Waals surface area contributed by atoms with E-state index in [0.29, 0.717) is 32.7 Å². The van der Waals surface area contributed by atoms with E-state index in [1.165, 1.54) is 16.7 Å². The molecular weight excluding hydrogens is 375 g/mol. The van der Waals surface area contributed by atoms with Gasteiger partial charge < -0.3 is 10.4 Å². The lowest BCUT2D eigenvalue weighted by Gasteiger charge is -2.08. The van der Waals surface area contributed by atoms with Gasteiger partial charge in [0.05, 0.1) is 17.0 Å². The molecule has 2 aromatic carbocycles. The fourth-order valence-corrected chi connectivity index (χ4v) is 3.23. The maximum Gasteiger partial charge on any atom is 0.262 e. The number of aromatic nitrogens is 1. The average molecular weight is 391 g/mol. The first kappa shape index (κ1) is 18.3. The molecule has 1 heterocycles. The minimum Gasteiger partial charge on any atom is -0.506 e. The molecule has 5 nitrogen and oxygen atoms in total. The van der Waals surface area contributed by atoms with Crippen molar-refractivity contribution in [2.24, 2.45) is 0 Å². The van der Waals surface area contributed by atoms with Crippen molar-refractivity contribution in [2.45, 2.75) is 13.3 Å². The molecular formula is C19H16Cl2N2O3. The van der Waals surface area contributed by atoms with Crippen LogP contribution < -0.4 is 5.32 Å². The lowest BCUT2D eigenvalue weighted by atomic mass is 10.1. The van der Waals surface area contributed by atoms with E-state index in [-0.39, 0.29) is 29.0 Å². The van der Waals surface area contributed by atoms with Crippen molar-refractivity contribution in [3.8, 4) is 5.75 Å². The van der Waals surface area contributed by atoms with Gasteiger partial charge in [0.25, 0.3) is 5.91 Å². The zero-order valence-electron chi connectivity index (χ0n) is 14.1. The molecule has 0 unspecified atom stereocenters. The van der Waals surface area contributed by atoms with Crippen molar-refractivity contribution < 1.29 is 14.7 Å². The smallest absolute Gasteiger partial charge is 0.262 e. The van der Waals surface area contributed by atoms with E-state index < -0.39 is 0 Å². The number of benzene rings is 2. The topological polar surface area (TPSA) is 71.3 Å². The molecule has 0 atom stereocenters. The van der Waals surface area contributed by atoms with Crippen LogP contribution in [0.1, 0.15) is 21.6 Å². The number of phenols is 1. The van der Waals surface area contributed by atoms with E-state index in [0.717, 1.165) is 0 Å². The van der Waals surface area contributed by atoms with Crippen LogP contribution >= 0.6 is 23.2 Å². The second kappa shape index (κ2) is 7.02. The molecule has 134 valence electrons. The molecule has 3 rings (SSSR count). The van der Waals surface area contributed by atoms with Gasteiger partial charge in [-0.25, -0.2) is 0 Å². The van der Waals surface area contributed by atoms with Crippen molar-refractivity contribution in [3.05, 3.63) is 63.3 Å². The Hall–Kier alpha value is -2.50. The predicted octanol–water partition coefficient (Wildman–Crippen LogP) is 3.94. The van der Waals surface area contributed by atoms with Crippen LogP contribution in [0.4, 0.5) is 0 Å². The lowest BCUT2D eigenvalue weighted by molar-refractivity contribution is -0.119. The molecule has 0 saturated heterocycles. The molecule has 2 N–H and O–H groups in total. The number of nitrogens with zero attached hydrogens (tertiary/aromatic N) is 1. The molecule has 1 amide bonds. The highest BCUT2D eigenvalue weighted by molar-refractivity contribution is 6.33. The summed E-state index contributed by atoms with van der Waals surface area (Å²) in [6.07, 6.45) is 0.0841. The zero-order chi connectivity index (χ0) is 19.0. The first-order valence-corrected chi connectivity index (χ1v) is 8.62. The predicted molar refractivity (Wildman–Crippen MR) is 102 cm³/mol. The molecule has 3 aromatic rings. The average Bonchev–Trinajstić information content (AvgIpc) is 2.87. The Bertz CT molecular complexity index is 1020. The third kappa shape index (κ3) is 3.16.